The number of carbonyl (C=O) groups is 3. The van der Waals surface area contributed by atoms with Crippen molar-refractivity contribution in [1.82, 2.24) is 5.32 Å². The van der Waals surface area contributed by atoms with Gasteiger partial charge in [0, 0.05) is 30.4 Å². The number of carboxylic acid groups (broad SMARTS) is 1. The van der Waals surface area contributed by atoms with E-state index in [-0.39, 0.29) is 48.4 Å². The van der Waals surface area contributed by atoms with Crippen LogP contribution in [0.1, 0.15) is 38.7 Å². The molecule has 2 atom stereocenters. The molecule has 0 saturated heterocycles. The molecule has 0 aliphatic carbocycles. The number of benzene rings is 1. The third-order valence-electron chi connectivity index (χ3n) is 3.29. The first-order valence-corrected chi connectivity index (χ1v) is 8.19. The molecule has 1 N–H and O–H groups in total. The molecule has 1 amide bonds. The first-order chi connectivity index (χ1) is 11.7. The molecule has 1 unspecified atom stereocenters. The summed E-state index contributed by atoms with van der Waals surface area (Å²) in [5, 5.41) is 14.2. The molecule has 0 radical (unpaired) electrons. The number of aliphatic carboxylic acids is 1. The molecule has 0 bridgehead atoms. The van der Waals surface area contributed by atoms with E-state index in [4.69, 9.17) is 21.1 Å². The predicted molar refractivity (Wildman–Crippen MR) is 88.7 cm³/mol. The maximum Gasteiger partial charge on any atom is 1.00 e. The Bertz CT molecular complexity index is 608. The minimum Gasteiger partial charge on any atom is -0.549 e. The Morgan fingerprint density at radius 1 is 1.12 bits per heavy atom. The number of hydrogen-bond donors (Lipinski definition) is 1. The van der Waals surface area contributed by atoms with Gasteiger partial charge in [-0.1, -0.05) is 37.6 Å². The van der Waals surface area contributed by atoms with Gasteiger partial charge in [-0.15, -0.1) is 0 Å². The molecule has 0 aromatic heterocycles. The fourth-order valence-electron chi connectivity index (χ4n) is 1.95. The second-order valence-electron chi connectivity index (χ2n) is 5.70. The van der Waals surface area contributed by atoms with Gasteiger partial charge in [0.25, 0.3) is 0 Å². The third-order valence-corrected chi connectivity index (χ3v) is 3.54. The van der Waals surface area contributed by atoms with Crippen LogP contribution in [-0.2, 0) is 19.1 Å². The smallest absolute Gasteiger partial charge is 0.549 e. The average molecular weight is 394 g/mol. The monoisotopic (exact) mass is 393 g/mol. The summed E-state index contributed by atoms with van der Waals surface area (Å²) in [6.07, 6.45) is -1.74. The van der Waals surface area contributed by atoms with Crippen LogP contribution >= 0.6 is 11.6 Å². The molecule has 0 heterocycles. The van der Waals surface area contributed by atoms with Crippen LogP contribution < -0.4 is 40.0 Å². The second-order valence-corrected chi connectivity index (χ2v) is 6.14. The minimum absolute atomic E-state index is 0. The summed E-state index contributed by atoms with van der Waals surface area (Å²) < 4.78 is 9.75. The molecule has 0 fully saturated rings. The third kappa shape index (κ3) is 8.89. The van der Waals surface area contributed by atoms with E-state index in [1.165, 1.54) is 6.92 Å². The van der Waals surface area contributed by atoms with Gasteiger partial charge >= 0.3 is 41.6 Å². The molecule has 26 heavy (non-hydrogen) atoms. The topological polar surface area (TPSA) is 105 Å². The Morgan fingerprint density at radius 2 is 1.69 bits per heavy atom. The van der Waals surface area contributed by atoms with Crippen LogP contribution in [0.15, 0.2) is 24.3 Å². The zero-order valence-electron chi connectivity index (χ0n) is 15.3. The number of hydrogen-bond acceptors (Lipinski definition) is 6. The van der Waals surface area contributed by atoms with E-state index < -0.39 is 30.2 Å². The quantitative estimate of drug-likeness (QED) is 0.339. The van der Waals surface area contributed by atoms with Gasteiger partial charge in [-0.25, -0.2) is 4.79 Å². The van der Waals surface area contributed by atoms with Crippen LogP contribution in [-0.4, -0.2) is 30.9 Å². The van der Waals surface area contributed by atoms with Gasteiger partial charge in [0.05, 0.1) is 5.92 Å². The largest absolute Gasteiger partial charge is 1.00 e. The number of halogens is 1. The zero-order chi connectivity index (χ0) is 19.0. The molecule has 1 rings (SSSR count). The molecule has 0 aliphatic heterocycles. The standard InChI is InChI=1S/C17H22ClNO6.Na/c1-10(2)16(22)24-11(3)25-17(23)19-9-8-14(15(20)21)12-4-6-13(18)7-5-12;/h4-7,10-11,14H,8-9H2,1-3H3,(H,19,23)(H,20,21);/q;+1/p-1/t11-,14?;/m0./s1. The normalized spacial score (nSPS) is 12.5. The minimum atomic E-state index is -1.25. The number of ether oxygens (including phenoxy) is 2. The molecular formula is C17H21ClNNaO6. The Morgan fingerprint density at radius 3 is 2.19 bits per heavy atom. The van der Waals surface area contributed by atoms with Crippen LogP contribution in [0.25, 0.3) is 0 Å². The van der Waals surface area contributed by atoms with Crippen LogP contribution in [0.2, 0.25) is 5.02 Å². The van der Waals surface area contributed by atoms with Gasteiger partial charge in [0.15, 0.2) is 0 Å². The number of esters is 1. The van der Waals surface area contributed by atoms with Gasteiger partial charge in [0.2, 0.25) is 6.29 Å². The molecule has 0 aliphatic rings. The fraction of sp³-hybridized carbons (Fsp3) is 0.471. The van der Waals surface area contributed by atoms with Gasteiger partial charge in [0.1, 0.15) is 0 Å². The van der Waals surface area contributed by atoms with Crippen molar-refractivity contribution in [3.63, 3.8) is 0 Å². The van der Waals surface area contributed by atoms with Crippen LogP contribution in [0, 0.1) is 5.92 Å². The van der Waals surface area contributed by atoms with E-state index in [1.54, 1.807) is 38.1 Å². The molecule has 0 spiro atoms. The molecule has 9 heteroatoms. The molecule has 7 nitrogen and oxygen atoms in total. The maximum atomic E-state index is 11.6. The van der Waals surface area contributed by atoms with Crippen molar-refractivity contribution in [2.45, 2.75) is 39.4 Å². The zero-order valence-corrected chi connectivity index (χ0v) is 18.0. The summed E-state index contributed by atoms with van der Waals surface area (Å²) >= 11 is 5.77. The molecule has 138 valence electrons. The summed E-state index contributed by atoms with van der Waals surface area (Å²) in [6.45, 7) is 4.78. The SMILES string of the molecule is CC(C)C(=O)O[C@H](C)OC(=O)NCCC(C(=O)[O-])c1ccc(Cl)cc1.[Na+]. The summed E-state index contributed by atoms with van der Waals surface area (Å²) in [4.78, 5) is 34.3. The number of carbonyl (C=O) groups excluding carboxylic acids is 3. The van der Waals surface area contributed by atoms with Crippen molar-refractivity contribution in [2.24, 2.45) is 5.92 Å². The van der Waals surface area contributed by atoms with E-state index in [9.17, 15) is 19.5 Å². The number of nitrogens with one attached hydrogen (secondary N) is 1. The number of amides is 1. The predicted octanol–water partition coefficient (Wildman–Crippen LogP) is -1.16. The van der Waals surface area contributed by atoms with Crippen LogP contribution in [0.3, 0.4) is 0 Å². The summed E-state index contributed by atoms with van der Waals surface area (Å²) in [5.74, 6) is -2.97. The van der Waals surface area contributed by atoms with Crippen molar-refractivity contribution in [3.05, 3.63) is 34.9 Å². The molecule has 0 saturated carbocycles. The van der Waals surface area contributed by atoms with Crippen LogP contribution in [0.5, 0.6) is 0 Å². The van der Waals surface area contributed by atoms with E-state index >= 15 is 0 Å². The van der Waals surface area contributed by atoms with Gasteiger partial charge < -0.3 is 24.7 Å². The van der Waals surface area contributed by atoms with Gasteiger partial charge in [-0.3, -0.25) is 4.79 Å². The Balaban J connectivity index is 0.00000625. The Kier molecular flexibility index (Phi) is 11.6. The molecule has 1 aromatic carbocycles. The van der Waals surface area contributed by atoms with E-state index in [2.05, 4.69) is 5.32 Å². The molecular weight excluding hydrogens is 373 g/mol. The first kappa shape index (κ1) is 24.7. The van der Waals surface area contributed by atoms with Crippen molar-refractivity contribution in [1.29, 1.82) is 0 Å². The first-order valence-electron chi connectivity index (χ1n) is 7.82. The number of alkyl carbamates (subject to hydrolysis) is 1. The summed E-state index contributed by atoms with van der Waals surface area (Å²) in [6, 6.07) is 6.35. The maximum absolute atomic E-state index is 11.6. The van der Waals surface area contributed by atoms with E-state index in [0.29, 0.717) is 10.6 Å². The van der Waals surface area contributed by atoms with E-state index in [0.717, 1.165) is 0 Å². The summed E-state index contributed by atoms with van der Waals surface area (Å²) in [5.41, 5.74) is 0.527. The van der Waals surface area contributed by atoms with Crippen molar-refractivity contribution in [3.8, 4) is 0 Å². The average Bonchev–Trinajstić information content (AvgIpc) is 2.52. The van der Waals surface area contributed by atoms with Crippen molar-refractivity contribution < 1.29 is 58.5 Å². The van der Waals surface area contributed by atoms with Crippen molar-refractivity contribution in [2.75, 3.05) is 6.54 Å². The van der Waals surface area contributed by atoms with Gasteiger partial charge in [-0.05, 0) is 24.1 Å². The Labute approximate surface area is 179 Å². The Hall–Kier alpha value is -1.28. The second kappa shape index (κ2) is 12.2. The number of rotatable bonds is 8. The fourth-order valence-corrected chi connectivity index (χ4v) is 2.08. The van der Waals surface area contributed by atoms with E-state index in [1.807, 2.05) is 0 Å². The number of carboxylic acids is 1. The van der Waals surface area contributed by atoms with Crippen molar-refractivity contribution >= 4 is 29.6 Å². The van der Waals surface area contributed by atoms with Crippen LogP contribution in [0.4, 0.5) is 4.79 Å². The summed E-state index contributed by atoms with van der Waals surface area (Å²) in [7, 11) is 0. The molecule has 1 aromatic rings. The van der Waals surface area contributed by atoms with Gasteiger partial charge in [-0.2, -0.15) is 0 Å².